The number of carbonyl (C=O) groups excluding carboxylic acids is 3. The number of carbonyl (C=O) groups is 3. The molecule has 10 heteroatoms. The molecule has 0 spiro atoms. The molecule has 2 aromatic carbocycles. The second kappa shape index (κ2) is 9.91. The van der Waals surface area contributed by atoms with E-state index in [4.69, 9.17) is 0 Å². The molecule has 0 aromatic heterocycles. The Morgan fingerprint density at radius 2 is 1.61 bits per heavy atom. The van der Waals surface area contributed by atoms with Gasteiger partial charge < -0.3 is 15.5 Å². The molecule has 192 valence electrons. The van der Waals surface area contributed by atoms with Crippen molar-refractivity contribution in [1.29, 1.82) is 0 Å². The summed E-state index contributed by atoms with van der Waals surface area (Å²) in [5, 5.41) is 5.27. The molecule has 3 amide bonds. The Hall–Kier alpha value is -3.43. The van der Waals surface area contributed by atoms with Gasteiger partial charge in [-0.05, 0) is 81.0 Å². The lowest BCUT2D eigenvalue weighted by atomic mass is 9.81. The van der Waals surface area contributed by atoms with E-state index in [-0.39, 0.29) is 28.8 Å². The number of hydrogen-bond donors (Lipinski definition) is 2. The standard InChI is InChI=1S/C26H27F4N3O3/c1-14-10-17(7-9-22(14)27)32-24(35)16-6-8-23(28)21(11-16)26(29,30)25(36)33-19-4-3-5-20(33)13-18(12-19)31-15(2)34/h6-11,18-20H,3-5,12-13H2,1-2H3,(H,31,34)(H,32,35)/t18?,19-,20+. The van der Waals surface area contributed by atoms with Gasteiger partial charge in [-0.1, -0.05) is 0 Å². The maximum absolute atomic E-state index is 15.5. The van der Waals surface area contributed by atoms with Gasteiger partial charge in [0, 0.05) is 36.3 Å². The molecule has 2 aliphatic rings. The number of amides is 3. The fourth-order valence-electron chi connectivity index (χ4n) is 5.23. The van der Waals surface area contributed by atoms with Crippen LogP contribution in [0.15, 0.2) is 36.4 Å². The molecule has 2 fully saturated rings. The fraction of sp³-hybridized carbons (Fsp3) is 0.423. The Bertz CT molecular complexity index is 1190. The third kappa shape index (κ3) is 5.08. The average molecular weight is 506 g/mol. The maximum atomic E-state index is 15.5. The van der Waals surface area contributed by atoms with Crippen LogP contribution < -0.4 is 10.6 Å². The molecule has 2 bridgehead atoms. The van der Waals surface area contributed by atoms with E-state index in [1.807, 2.05) is 0 Å². The smallest absolute Gasteiger partial charge is 0.352 e. The first-order valence-corrected chi connectivity index (χ1v) is 11.8. The first kappa shape index (κ1) is 25.7. The predicted molar refractivity (Wildman–Crippen MR) is 124 cm³/mol. The van der Waals surface area contributed by atoms with Gasteiger partial charge in [0.15, 0.2) is 0 Å². The van der Waals surface area contributed by atoms with Crippen molar-refractivity contribution in [1.82, 2.24) is 10.2 Å². The molecule has 2 aliphatic heterocycles. The first-order chi connectivity index (χ1) is 17.0. The summed E-state index contributed by atoms with van der Waals surface area (Å²) in [5.41, 5.74) is -0.942. The SMILES string of the molecule is CC(=O)NC1C[C@H]2CCC[C@@H](C1)N2C(=O)C(F)(F)c1cc(C(=O)Nc2ccc(F)c(C)c2)ccc1F. The molecule has 4 rings (SSSR count). The van der Waals surface area contributed by atoms with Crippen LogP contribution in [0.1, 0.15) is 60.5 Å². The lowest BCUT2D eigenvalue weighted by molar-refractivity contribution is -0.170. The molecule has 0 radical (unpaired) electrons. The number of nitrogens with zero attached hydrogens (tertiary/aromatic N) is 1. The van der Waals surface area contributed by atoms with Gasteiger partial charge in [-0.2, -0.15) is 8.78 Å². The number of alkyl halides is 2. The van der Waals surface area contributed by atoms with Crippen LogP contribution in [0, 0.1) is 18.6 Å². The van der Waals surface area contributed by atoms with E-state index in [0.717, 1.165) is 29.5 Å². The van der Waals surface area contributed by atoms with E-state index in [0.29, 0.717) is 31.7 Å². The molecular formula is C26H27F4N3O3. The van der Waals surface area contributed by atoms with E-state index in [1.165, 1.54) is 26.0 Å². The van der Waals surface area contributed by atoms with Crippen LogP contribution in [0.2, 0.25) is 0 Å². The highest BCUT2D eigenvalue weighted by molar-refractivity contribution is 6.04. The van der Waals surface area contributed by atoms with Crippen LogP contribution in [-0.4, -0.2) is 40.7 Å². The van der Waals surface area contributed by atoms with Crippen molar-refractivity contribution in [3.8, 4) is 0 Å². The van der Waals surface area contributed by atoms with Crippen LogP contribution in [0.25, 0.3) is 0 Å². The van der Waals surface area contributed by atoms with Gasteiger partial charge in [0.1, 0.15) is 11.6 Å². The summed E-state index contributed by atoms with van der Waals surface area (Å²) in [4.78, 5) is 38.4. The van der Waals surface area contributed by atoms with E-state index < -0.39 is 47.0 Å². The lowest BCUT2D eigenvalue weighted by Gasteiger charge is -2.49. The molecule has 0 saturated carbocycles. The molecule has 6 nitrogen and oxygen atoms in total. The molecule has 3 atom stereocenters. The van der Waals surface area contributed by atoms with Crippen LogP contribution in [0.4, 0.5) is 23.2 Å². The number of aryl methyl sites for hydroxylation is 1. The van der Waals surface area contributed by atoms with Gasteiger partial charge >= 0.3 is 5.92 Å². The minimum absolute atomic E-state index is 0.214. The Kier molecular flexibility index (Phi) is 7.06. The van der Waals surface area contributed by atoms with Crippen LogP contribution >= 0.6 is 0 Å². The minimum Gasteiger partial charge on any atom is -0.353 e. The molecule has 2 N–H and O–H groups in total. The van der Waals surface area contributed by atoms with E-state index >= 15 is 8.78 Å². The third-order valence-corrected chi connectivity index (χ3v) is 6.87. The maximum Gasteiger partial charge on any atom is 0.352 e. The highest BCUT2D eigenvalue weighted by Gasteiger charge is 2.52. The zero-order valence-corrected chi connectivity index (χ0v) is 19.9. The zero-order valence-electron chi connectivity index (χ0n) is 19.9. The summed E-state index contributed by atoms with van der Waals surface area (Å²) in [7, 11) is 0. The molecular weight excluding hydrogens is 478 g/mol. The van der Waals surface area contributed by atoms with Gasteiger partial charge in [0.05, 0.1) is 5.56 Å². The van der Waals surface area contributed by atoms with Crippen molar-refractivity contribution in [2.45, 2.75) is 70.0 Å². The molecule has 1 unspecified atom stereocenters. The Morgan fingerprint density at radius 3 is 2.22 bits per heavy atom. The van der Waals surface area contributed by atoms with Crippen molar-refractivity contribution in [3.63, 3.8) is 0 Å². The second-order valence-corrected chi connectivity index (χ2v) is 9.51. The van der Waals surface area contributed by atoms with E-state index in [2.05, 4.69) is 10.6 Å². The summed E-state index contributed by atoms with van der Waals surface area (Å²) in [6.45, 7) is 2.88. The lowest BCUT2D eigenvalue weighted by Crippen LogP contribution is -2.61. The Morgan fingerprint density at radius 1 is 0.972 bits per heavy atom. The first-order valence-electron chi connectivity index (χ1n) is 11.8. The molecule has 2 heterocycles. The number of anilines is 1. The molecule has 2 saturated heterocycles. The number of halogens is 4. The molecule has 2 aromatic rings. The third-order valence-electron chi connectivity index (χ3n) is 6.87. The number of benzene rings is 2. The van der Waals surface area contributed by atoms with Crippen LogP contribution in [0.3, 0.4) is 0 Å². The van der Waals surface area contributed by atoms with Gasteiger partial charge in [-0.3, -0.25) is 14.4 Å². The summed E-state index contributed by atoms with van der Waals surface area (Å²) in [6.07, 6.45) is 2.48. The zero-order chi connectivity index (χ0) is 26.2. The molecule has 36 heavy (non-hydrogen) atoms. The number of nitrogens with one attached hydrogen (secondary N) is 2. The summed E-state index contributed by atoms with van der Waals surface area (Å²) >= 11 is 0. The van der Waals surface area contributed by atoms with Crippen molar-refractivity contribution >= 4 is 23.4 Å². The van der Waals surface area contributed by atoms with Gasteiger partial charge in [-0.25, -0.2) is 8.78 Å². The van der Waals surface area contributed by atoms with Gasteiger partial charge in [0.25, 0.3) is 11.8 Å². The summed E-state index contributed by atoms with van der Waals surface area (Å²) < 4.78 is 59.1. The van der Waals surface area contributed by atoms with Crippen molar-refractivity contribution in [2.24, 2.45) is 0 Å². The number of rotatable bonds is 5. The second-order valence-electron chi connectivity index (χ2n) is 9.51. The predicted octanol–water partition coefficient (Wildman–Crippen LogP) is 4.67. The number of fused-ring (bicyclic) bond motifs is 2. The average Bonchev–Trinajstić information content (AvgIpc) is 2.80. The monoisotopic (exact) mass is 505 g/mol. The summed E-state index contributed by atoms with van der Waals surface area (Å²) in [6, 6.07) is 5.08. The highest BCUT2D eigenvalue weighted by Crippen LogP contribution is 2.40. The minimum atomic E-state index is -4.21. The van der Waals surface area contributed by atoms with Crippen molar-refractivity contribution in [2.75, 3.05) is 5.32 Å². The topological polar surface area (TPSA) is 78.5 Å². The highest BCUT2D eigenvalue weighted by atomic mass is 19.3. The summed E-state index contributed by atoms with van der Waals surface area (Å²) in [5.74, 6) is -8.53. The van der Waals surface area contributed by atoms with E-state index in [1.54, 1.807) is 0 Å². The number of piperidine rings is 2. The fourth-order valence-corrected chi connectivity index (χ4v) is 5.23. The normalized spacial score (nSPS) is 21.6. The molecule has 0 aliphatic carbocycles. The van der Waals surface area contributed by atoms with Crippen LogP contribution in [-0.2, 0) is 15.5 Å². The van der Waals surface area contributed by atoms with Gasteiger partial charge in [0.2, 0.25) is 5.91 Å². The van der Waals surface area contributed by atoms with Crippen molar-refractivity contribution in [3.05, 3.63) is 64.7 Å². The van der Waals surface area contributed by atoms with E-state index in [9.17, 15) is 23.2 Å². The van der Waals surface area contributed by atoms with Crippen LogP contribution in [0.5, 0.6) is 0 Å². The largest absolute Gasteiger partial charge is 0.353 e. The number of hydrogen-bond acceptors (Lipinski definition) is 3. The Balaban J connectivity index is 1.57. The quantitative estimate of drug-likeness (QED) is 0.580. The Labute approximate surface area is 206 Å². The van der Waals surface area contributed by atoms with Gasteiger partial charge in [-0.15, -0.1) is 0 Å². The van der Waals surface area contributed by atoms with Crippen molar-refractivity contribution < 1.29 is 31.9 Å².